The van der Waals surface area contributed by atoms with E-state index in [0.717, 1.165) is 22.0 Å². The number of aromatic nitrogens is 2. The van der Waals surface area contributed by atoms with E-state index in [1.165, 1.54) is 4.90 Å². The fraction of sp³-hybridized carbons (Fsp3) is 0.364. The summed E-state index contributed by atoms with van der Waals surface area (Å²) >= 11 is 0. The summed E-state index contributed by atoms with van der Waals surface area (Å²) in [6.07, 6.45) is 3.13. The first-order valence-electron chi connectivity index (χ1n) is 9.69. The van der Waals surface area contributed by atoms with Crippen LogP contribution >= 0.6 is 0 Å². The van der Waals surface area contributed by atoms with Gasteiger partial charge in [0, 0.05) is 61.3 Å². The average Bonchev–Trinajstić information content (AvgIpc) is 2.69. The van der Waals surface area contributed by atoms with Crippen LogP contribution in [0.15, 0.2) is 36.7 Å². The Morgan fingerprint density at radius 3 is 2.47 bits per heavy atom. The molecule has 3 aromatic rings. The third kappa shape index (κ3) is 4.59. The van der Waals surface area contributed by atoms with Gasteiger partial charge in [-0.15, -0.1) is 0 Å². The molecule has 3 rings (SSSR count). The number of nitrogens with zero attached hydrogens (tertiary/aromatic N) is 4. The molecule has 0 atom stereocenters. The molecule has 8 nitrogen and oxygen atoms in total. The summed E-state index contributed by atoms with van der Waals surface area (Å²) < 4.78 is 5.40. The van der Waals surface area contributed by atoms with Crippen LogP contribution in [0.1, 0.15) is 31.1 Å². The standard InChI is InChI=1S/C22H27N5O3/c1-22(2,3)30-21(29)27(5)11-10-26(4)20-16-8-9-24-13-17(16)15-7-6-14(19(23)28)12-18(15)25-20/h6-9,12-13H,10-11H2,1-5H3,(H2,23,28). The number of rotatable bonds is 5. The topological polar surface area (TPSA) is 102 Å². The Balaban J connectivity index is 1.91. The van der Waals surface area contributed by atoms with E-state index in [9.17, 15) is 9.59 Å². The predicted octanol–water partition coefficient (Wildman–Crippen LogP) is 3.19. The fourth-order valence-corrected chi connectivity index (χ4v) is 3.11. The van der Waals surface area contributed by atoms with Crippen LogP contribution in [-0.2, 0) is 4.74 Å². The van der Waals surface area contributed by atoms with Gasteiger partial charge in [-0.1, -0.05) is 6.07 Å². The van der Waals surface area contributed by atoms with E-state index in [2.05, 4.69) is 4.98 Å². The zero-order valence-corrected chi connectivity index (χ0v) is 18.0. The van der Waals surface area contributed by atoms with E-state index in [0.29, 0.717) is 24.2 Å². The second-order valence-electron chi connectivity index (χ2n) is 8.28. The molecule has 2 amide bonds. The molecule has 0 unspecified atom stereocenters. The summed E-state index contributed by atoms with van der Waals surface area (Å²) in [7, 11) is 3.62. The Morgan fingerprint density at radius 1 is 1.07 bits per heavy atom. The number of hydrogen-bond donors (Lipinski definition) is 1. The number of benzene rings is 1. The van der Waals surface area contributed by atoms with E-state index < -0.39 is 11.5 Å². The third-order valence-electron chi connectivity index (χ3n) is 4.70. The van der Waals surface area contributed by atoms with Crippen molar-refractivity contribution in [3.63, 3.8) is 0 Å². The number of likely N-dealkylation sites (N-methyl/N-ethyl adjacent to an activating group) is 2. The zero-order chi connectivity index (χ0) is 22.1. The molecule has 2 N–H and O–H groups in total. The number of nitrogens with two attached hydrogens (primary N) is 1. The summed E-state index contributed by atoms with van der Waals surface area (Å²) in [5, 5.41) is 2.76. The molecule has 0 saturated carbocycles. The van der Waals surface area contributed by atoms with Crippen LogP contribution in [0, 0.1) is 0 Å². The molecule has 0 aliphatic heterocycles. The molecule has 158 valence electrons. The number of anilines is 1. The van der Waals surface area contributed by atoms with Gasteiger partial charge in [0.15, 0.2) is 0 Å². The lowest BCUT2D eigenvalue weighted by Crippen LogP contribution is -2.38. The van der Waals surface area contributed by atoms with Gasteiger partial charge in [-0.2, -0.15) is 0 Å². The summed E-state index contributed by atoms with van der Waals surface area (Å²) in [4.78, 5) is 36.3. The number of ether oxygens (including phenoxy) is 1. The normalized spacial score (nSPS) is 11.5. The van der Waals surface area contributed by atoms with Gasteiger partial charge in [0.1, 0.15) is 11.4 Å². The molecule has 0 radical (unpaired) electrons. The van der Waals surface area contributed by atoms with Crippen molar-refractivity contribution in [2.75, 3.05) is 32.1 Å². The fourth-order valence-electron chi connectivity index (χ4n) is 3.11. The molecule has 0 fully saturated rings. The van der Waals surface area contributed by atoms with Gasteiger partial charge >= 0.3 is 6.09 Å². The van der Waals surface area contributed by atoms with Crippen molar-refractivity contribution in [2.45, 2.75) is 26.4 Å². The first kappa shape index (κ1) is 21.3. The maximum atomic E-state index is 12.2. The van der Waals surface area contributed by atoms with Gasteiger partial charge in [-0.3, -0.25) is 9.78 Å². The van der Waals surface area contributed by atoms with E-state index in [1.54, 1.807) is 31.6 Å². The second-order valence-corrected chi connectivity index (χ2v) is 8.28. The first-order chi connectivity index (χ1) is 14.1. The highest BCUT2D eigenvalue weighted by Gasteiger charge is 2.20. The molecule has 30 heavy (non-hydrogen) atoms. The molecule has 2 aromatic heterocycles. The smallest absolute Gasteiger partial charge is 0.410 e. The van der Waals surface area contributed by atoms with E-state index in [4.69, 9.17) is 15.5 Å². The largest absolute Gasteiger partial charge is 0.444 e. The van der Waals surface area contributed by atoms with Crippen LogP contribution in [0.5, 0.6) is 0 Å². The number of fused-ring (bicyclic) bond motifs is 3. The molecule has 0 aliphatic rings. The number of carbonyl (C=O) groups excluding carboxylic acids is 2. The van der Waals surface area contributed by atoms with Crippen LogP contribution in [0.3, 0.4) is 0 Å². The number of pyridine rings is 2. The van der Waals surface area contributed by atoms with E-state index in [-0.39, 0.29) is 6.09 Å². The van der Waals surface area contributed by atoms with Gasteiger partial charge in [0.05, 0.1) is 5.52 Å². The van der Waals surface area contributed by atoms with E-state index in [1.807, 2.05) is 44.9 Å². The molecule has 0 spiro atoms. The van der Waals surface area contributed by atoms with Gasteiger partial charge in [-0.05, 0) is 39.0 Å². The Labute approximate surface area is 175 Å². The number of primary amides is 1. The minimum atomic E-state index is -0.543. The van der Waals surface area contributed by atoms with Crippen LogP contribution in [0.4, 0.5) is 10.6 Å². The van der Waals surface area contributed by atoms with Crippen molar-refractivity contribution in [3.05, 3.63) is 42.2 Å². The lowest BCUT2D eigenvalue weighted by Gasteiger charge is -2.27. The summed E-state index contributed by atoms with van der Waals surface area (Å²) in [6, 6.07) is 7.13. The molecule has 0 saturated heterocycles. The molecule has 0 aliphatic carbocycles. The average molecular weight is 409 g/mol. The molecular formula is C22H27N5O3. The van der Waals surface area contributed by atoms with Crippen molar-refractivity contribution in [1.82, 2.24) is 14.9 Å². The number of amides is 2. The molecular weight excluding hydrogens is 382 g/mol. The molecule has 8 heteroatoms. The molecule has 2 heterocycles. The predicted molar refractivity (Wildman–Crippen MR) is 118 cm³/mol. The van der Waals surface area contributed by atoms with Crippen molar-refractivity contribution in [2.24, 2.45) is 5.73 Å². The van der Waals surface area contributed by atoms with Gasteiger partial charge in [0.2, 0.25) is 5.91 Å². The highest BCUT2D eigenvalue weighted by molar-refractivity contribution is 6.11. The van der Waals surface area contributed by atoms with Gasteiger partial charge in [0.25, 0.3) is 0 Å². The zero-order valence-electron chi connectivity index (χ0n) is 18.0. The quantitative estimate of drug-likeness (QED) is 0.650. The SMILES string of the molecule is CN(CCN(C)c1nc2cc(C(N)=O)ccc2c2cnccc12)C(=O)OC(C)(C)C. The summed E-state index contributed by atoms with van der Waals surface area (Å²) in [6.45, 7) is 6.51. The summed E-state index contributed by atoms with van der Waals surface area (Å²) in [5.74, 6) is 0.234. The maximum Gasteiger partial charge on any atom is 0.410 e. The Kier molecular flexibility index (Phi) is 5.78. The first-order valence-corrected chi connectivity index (χ1v) is 9.69. The highest BCUT2D eigenvalue weighted by Crippen LogP contribution is 2.30. The van der Waals surface area contributed by atoms with Gasteiger partial charge < -0.3 is 20.3 Å². The lowest BCUT2D eigenvalue weighted by atomic mass is 10.1. The monoisotopic (exact) mass is 409 g/mol. The van der Waals surface area contributed by atoms with Crippen molar-refractivity contribution in [3.8, 4) is 0 Å². The van der Waals surface area contributed by atoms with Crippen molar-refractivity contribution >= 4 is 39.5 Å². The van der Waals surface area contributed by atoms with E-state index >= 15 is 0 Å². The third-order valence-corrected chi connectivity index (χ3v) is 4.70. The minimum Gasteiger partial charge on any atom is -0.444 e. The minimum absolute atomic E-state index is 0.373. The Hall–Kier alpha value is -3.42. The van der Waals surface area contributed by atoms with Crippen LogP contribution in [0.25, 0.3) is 21.7 Å². The summed E-state index contributed by atoms with van der Waals surface area (Å²) in [5.41, 5.74) is 5.95. The Morgan fingerprint density at radius 2 is 1.80 bits per heavy atom. The van der Waals surface area contributed by atoms with Crippen molar-refractivity contribution < 1.29 is 14.3 Å². The van der Waals surface area contributed by atoms with Crippen LogP contribution in [-0.4, -0.2) is 59.7 Å². The second kappa shape index (κ2) is 8.14. The molecule has 1 aromatic carbocycles. The Bertz CT molecular complexity index is 1110. The van der Waals surface area contributed by atoms with Gasteiger partial charge in [-0.25, -0.2) is 9.78 Å². The van der Waals surface area contributed by atoms with Crippen molar-refractivity contribution in [1.29, 1.82) is 0 Å². The van der Waals surface area contributed by atoms with Crippen LogP contribution in [0.2, 0.25) is 0 Å². The lowest BCUT2D eigenvalue weighted by molar-refractivity contribution is 0.0303. The number of carbonyl (C=O) groups is 2. The van der Waals surface area contributed by atoms with Crippen LogP contribution < -0.4 is 10.6 Å². The maximum absolute atomic E-state index is 12.2. The number of hydrogen-bond acceptors (Lipinski definition) is 6. The highest BCUT2D eigenvalue weighted by atomic mass is 16.6. The molecule has 0 bridgehead atoms.